The summed E-state index contributed by atoms with van der Waals surface area (Å²) < 4.78 is 10.6. The van der Waals surface area contributed by atoms with E-state index in [1.54, 1.807) is 20.4 Å². The first kappa shape index (κ1) is 12.2. The van der Waals surface area contributed by atoms with Crippen LogP contribution >= 0.6 is 0 Å². The highest BCUT2D eigenvalue weighted by atomic mass is 16.5. The predicted molar refractivity (Wildman–Crippen MR) is 66.7 cm³/mol. The van der Waals surface area contributed by atoms with E-state index in [9.17, 15) is 0 Å². The summed E-state index contributed by atoms with van der Waals surface area (Å²) in [5.41, 5.74) is 0. The van der Waals surface area contributed by atoms with Crippen LogP contribution in [-0.4, -0.2) is 29.1 Å². The number of oxazole rings is 1. The molecule has 0 unspecified atom stereocenters. The van der Waals surface area contributed by atoms with Crippen LogP contribution in [0.2, 0.25) is 0 Å². The van der Waals surface area contributed by atoms with Gasteiger partial charge < -0.3 is 19.8 Å². The van der Waals surface area contributed by atoms with Gasteiger partial charge in [-0.2, -0.15) is 0 Å². The molecule has 0 spiro atoms. The van der Waals surface area contributed by atoms with E-state index in [-0.39, 0.29) is 0 Å². The normalized spacial score (nSPS) is 10.2. The van der Waals surface area contributed by atoms with E-state index in [4.69, 9.17) is 9.15 Å². The number of aromatic nitrogens is 3. The molecule has 2 heterocycles. The quantitative estimate of drug-likeness (QED) is 0.829. The Morgan fingerprint density at radius 2 is 2.06 bits per heavy atom. The minimum Gasteiger partial charge on any atom is -0.490 e. The Balaban J connectivity index is 2.13. The third kappa shape index (κ3) is 2.50. The van der Waals surface area contributed by atoms with E-state index in [0.717, 1.165) is 5.76 Å². The molecular formula is C11H15N5O2. The number of hydrogen-bond acceptors (Lipinski definition) is 7. The second-order valence-electron chi connectivity index (χ2n) is 3.57. The number of ether oxygens (including phenoxy) is 1. The first-order valence-electron chi connectivity index (χ1n) is 5.46. The number of nitrogens with one attached hydrogen (secondary N) is 2. The van der Waals surface area contributed by atoms with E-state index in [1.165, 1.54) is 6.33 Å². The Hall–Kier alpha value is -2.31. The largest absolute Gasteiger partial charge is 0.490 e. The summed E-state index contributed by atoms with van der Waals surface area (Å²) in [6.45, 7) is 2.28. The van der Waals surface area contributed by atoms with E-state index < -0.39 is 0 Å². The molecule has 96 valence electrons. The lowest BCUT2D eigenvalue weighted by atomic mass is 10.4. The summed E-state index contributed by atoms with van der Waals surface area (Å²) in [4.78, 5) is 12.3. The zero-order chi connectivity index (χ0) is 13.0. The Bertz CT molecular complexity index is 526. The predicted octanol–water partition coefficient (Wildman–Crippen LogP) is 1.44. The van der Waals surface area contributed by atoms with Crippen LogP contribution in [0.4, 0.5) is 11.6 Å². The van der Waals surface area contributed by atoms with Gasteiger partial charge in [-0.15, -0.1) is 0 Å². The van der Waals surface area contributed by atoms with Crippen LogP contribution in [0.1, 0.15) is 11.7 Å². The molecule has 0 aromatic carbocycles. The third-order valence-corrected chi connectivity index (χ3v) is 2.32. The standard InChI is InChI=1S/C11H15N5O2/c1-7-4-13-8(18-7)5-14-11-9(17-3)10(12-2)15-6-16-11/h4,6H,5H2,1-3H3,(H2,12,14,15,16). The number of aryl methyl sites for hydroxylation is 1. The van der Waals surface area contributed by atoms with Gasteiger partial charge in [0.05, 0.1) is 19.9 Å². The van der Waals surface area contributed by atoms with Gasteiger partial charge in [0.2, 0.25) is 11.6 Å². The highest BCUT2D eigenvalue weighted by molar-refractivity contribution is 5.63. The molecule has 0 atom stereocenters. The highest BCUT2D eigenvalue weighted by Crippen LogP contribution is 2.28. The molecule has 0 aliphatic heterocycles. The second kappa shape index (κ2) is 5.35. The summed E-state index contributed by atoms with van der Waals surface area (Å²) in [5.74, 6) is 3.14. The molecule has 0 aliphatic carbocycles. The SMILES string of the molecule is CNc1ncnc(NCc2ncc(C)o2)c1OC. The van der Waals surface area contributed by atoms with Crippen LogP contribution in [0, 0.1) is 6.92 Å². The summed E-state index contributed by atoms with van der Waals surface area (Å²) in [5, 5.41) is 6.03. The van der Waals surface area contributed by atoms with Crippen molar-refractivity contribution in [1.82, 2.24) is 15.0 Å². The Morgan fingerprint density at radius 3 is 2.67 bits per heavy atom. The van der Waals surface area contributed by atoms with Crippen molar-refractivity contribution in [2.24, 2.45) is 0 Å². The molecule has 7 heteroatoms. The van der Waals surface area contributed by atoms with Gasteiger partial charge in [0.1, 0.15) is 12.1 Å². The van der Waals surface area contributed by atoms with Gasteiger partial charge >= 0.3 is 0 Å². The lowest BCUT2D eigenvalue weighted by molar-refractivity contribution is 0.414. The number of rotatable bonds is 5. The van der Waals surface area contributed by atoms with Gasteiger partial charge in [0.25, 0.3) is 0 Å². The molecule has 2 N–H and O–H groups in total. The molecule has 2 rings (SSSR count). The molecule has 0 saturated carbocycles. The fourth-order valence-electron chi connectivity index (χ4n) is 1.51. The number of anilines is 2. The van der Waals surface area contributed by atoms with Gasteiger partial charge in [0.15, 0.2) is 11.6 Å². The molecule has 2 aromatic heterocycles. The molecule has 0 saturated heterocycles. The maximum absolute atomic E-state index is 5.36. The maximum Gasteiger partial charge on any atom is 0.213 e. The van der Waals surface area contributed by atoms with Crippen molar-refractivity contribution in [3.63, 3.8) is 0 Å². The molecule has 0 fully saturated rings. The lowest BCUT2D eigenvalue weighted by Crippen LogP contribution is -2.06. The Morgan fingerprint density at radius 1 is 1.28 bits per heavy atom. The first-order chi connectivity index (χ1) is 8.74. The van der Waals surface area contributed by atoms with Gasteiger partial charge in [-0.3, -0.25) is 0 Å². The molecular weight excluding hydrogens is 234 g/mol. The fraction of sp³-hybridized carbons (Fsp3) is 0.364. The van der Waals surface area contributed by atoms with Crippen LogP contribution < -0.4 is 15.4 Å². The average molecular weight is 249 g/mol. The van der Waals surface area contributed by atoms with Crippen molar-refractivity contribution in [2.75, 3.05) is 24.8 Å². The van der Waals surface area contributed by atoms with Crippen LogP contribution in [-0.2, 0) is 6.54 Å². The van der Waals surface area contributed by atoms with Crippen LogP contribution in [0.25, 0.3) is 0 Å². The molecule has 0 amide bonds. The molecule has 2 aromatic rings. The number of nitrogens with zero attached hydrogens (tertiary/aromatic N) is 3. The molecule has 18 heavy (non-hydrogen) atoms. The molecule has 0 bridgehead atoms. The maximum atomic E-state index is 5.36. The Labute approximate surface area is 105 Å². The smallest absolute Gasteiger partial charge is 0.213 e. The van der Waals surface area contributed by atoms with Crippen molar-refractivity contribution in [2.45, 2.75) is 13.5 Å². The minimum absolute atomic E-state index is 0.435. The topological polar surface area (TPSA) is 85.1 Å². The zero-order valence-electron chi connectivity index (χ0n) is 10.5. The van der Waals surface area contributed by atoms with Crippen molar-refractivity contribution in [3.8, 4) is 5.75 Å². The minimum atomic E-state index is 0.435. The van der Waals surface area contributed by atoms with Gasteiger partial charge in [0, 0.05) is 7.05 Å². The lowest BCUT2D eigenvalue weighted by Gasteiger charge is -2.11. The summed E-state index contributed by atoms with van der Waals surface area (Å²) in [6.07, 6.45) is 3.13. The second-order valence-corrected chi connectivity index (χ2v) is 3.57. The highest BCUT2D eigenvalue weighted by Gasteiger charge is 2.11. The summed E-state index contributed by atoms with van der Waals surface area (Å²) in [7, 11) is 3.34. The third-order valence-electron chi connectivity index (χ3n) is 2.32. The van der Waals surface area contributed by atoms with Crippen molar-refractivity contribution < 1.29 is 9.15 Å². The average Bonchev–Trinajstić information content (AvgIpc) is 2.81. The van der Waals surface area contributed by atoms with Crippen molar-refractivity contribution in [3.05, 3.63) is 24.2 Å². The van der Waals surface area contributed by atoms with Crippen molar-refractivity contribution in [1.29, 1.82) is 0 Å². The number of hydrogen-bond donors (Lipinski definition) is 2. The summed E-state index contributed by atoms with van der Waals surface area (Å²) >= 11 is 0. The Kier molecular flexibility index (Phi) is 3.61. The molecule has 7 nitrogen and oxygen atoms in total. The molecule has 0 aliphatic rings. The van der Waals surface area contributed by atoms with Gasteiger partial charge in [-0.1, -0.05) is 0 Å². The van der Waals surface area contributed by atoms with Gasteiger partial charge in [-0.25, -0.2) is 15.0 Å². The monoisotopic (exact) mass is 249 g/mol. The van der Waals surface area contributed by atoms with E-state index >= 15 is 0 Å². The zero-order valence-corrected chi connectivity index (χ0v) is 10.5. The first-order valence-corrected chi connectivity index (χ1v) is 5.46. The van der Waals surface area contributed by atoms with Crippen LogP contribution in [0.15, 0.2) is 16.9 Å². The van der Waals surface area contributed by atoms with E-state index in [1.807, 2.05) is 6.92 Å². The summed E-state index contributed by atoms with van der Waals surface area (Å²) in [6, 6.07) is 0. The van der Waals surface area contributed by atoms with Crippen LogP contribution in [0.5, 0.6) is 5.75 Å². The molecule has 0 radical (unpaired) electrons. The van der Waals surface area contributed by atoms with Crippen LogP contribution in [0.3, 0.4) is 0 Å². The van der Waals surface area contributed by atoms with Crippen molar-refractivity contribution >= 4 is 11.6 Å². The van der Waals surface area contributed by atoms with Gasteiger partial charge in [-0.05, 0) is 6.92 Å². The van der Waals surface area contributed by atoms with E-state index in [2.05, 4.69) is 25.6 Å². The fourth-order valence-corrected chi connectivity index (χ4v) is 1.51. The number of methoxy groups -OCH3 is 1. The van der Waals surface area contributed by atoms with E-state index in [0.29, 0.717) is 29.8 Å².